The first kappa shape index (κ1) is 9.71. The number of carbonyl (C=O) groups excluding carboxylic acids is 1. The van der Waals surface area contributed by atoms with E-state index in [1.807, 2.05) is 0 Å². The van der Waals surface area contributed by atoms with E-state index >= 15 is 0 Å². The predicted octanol–water partition coefficient (Wildman–Crippen LogP) is 1.66. The lowest BCUT2D eigenvalue weighted by Gasteiger charge is -2.28. The summed E-state index contributed by atoms with van der Waals surface area (Å²) in [6.45, 7) is 0.00227. The topological polar surface area (TPSA) is 26.3 Å². The molecule has 0 saturated carbocycles. The van der Waals surface area contributed by atoms with Crippen molar-refractivity contribution in [2.75, 3.05) is 6.61 Å². The van der Waals surface area contributed by atoms with Crippen LogP contribution in [-0.2, 0) is 0 Å². The Hall–Kier alpha value is -0.835. The number of carbonyl (C=O) groups is 1. The van der Waals surface area contributed by atoms with Crippen molar-refractivity contribution < 1.29 is 13.9 Å². The van der Waals surface area contributed by atoms with Gasteiger partial charge in [0.15, 0.2) is 5.78 Å². The van der Waals surface area contributed by atoms with Crippen LogP contribution in [0.15, 0.2) is 18.2 Å². The second-order valence-corrected chi connectivity index (χ2v) is 4.54. The maximum Gasteiger partial charge on any atom is 0.177 e. The van der Waals surface area contributed by atoms with Crippen molar-refractivity contribution in [3.63, 3.8) is 0 Å². The standard InChI is InChI=1S/C9H5BBrFO2/c10-9(11)4-14-7-3-5(12)1-2-6(7)8(9)13/h1-3H,4H2. The van der Waals surface area contributed by atoms with Crippen molar-refractivity contribution in [3.05, 3.63) is 29.6 Å². The Morgan fingerprint density at radius 3 is 3.00 bits per heavy atom. The van der Waals surface area contributed by atoms with Gasteiger partial charge in [0.05, 0.1) is 9.79 Å². The van der Waals surface area contributed by atoms with Gasteiger partial charge in [0.1, 0.15) is 26.0 Å². The number of rotatable bonds is 0. The molecule has 1 atom stereocenters. The molecule has 1 aliphatic rings. The van der Waals surface area contributed by atoms with E-state index in [4.69, 9.17) is 12.6 Å². The average molecular weight is 255 g/mol. The molecule has 1 aromatic carbocycles. The van der Waals surface area contributed by atoms with Crippen LogP contribution in [0.2, 0.25) is 0 Å². The number of fused-ring (bicyclic) bond motifs is 1. The highest BCUT2D eigenvalue weighted by Gasteiger charge is 2.37. The molecule has 1 heterocycles. The van der Waals surface area contributed by atoms with Gasteiger partial charge in [-0.15, -0.1) is 0 Å². The van der Waals surface area contributed by atoms with Gasteiger partial charge in [0.25, 0.3) is 0 Å². The Morgan fingerprint density at radius 1 is 1.57 bits per heavy atom. The van der Waals surface area contributed by atoms with Crippen molar-refractivity contribution in [1.29, 1.82) is 0 Å². The van der Waals surface area contributed by atoms with E-state index < -0.39 is 10.0 Å². The van der Waals surface area contributed by atoms with Crippen LogP contribution in [0.5, 0.6) is 5.75 Å². The van der Waals surface area contributed by atoms with Crippen LogP contribution in [0, 0.1) is 5.82 Å². The van der Waals surface area contributed by atoms with Gasteiger partial charge in [-0.05, 0) is 12.1 Å². The molecule has 0 fully saturated rings. The first-order valence-electron chi connectivity index (χ1n) is 3.96. The van der Waals surface area contributed by atoms with Gasteiger partial charge in [-0.25, -0.2) is 4.39 Å². The number of ether oxygens (including phenoxy) is 1. The van der Waals surface area contributed by atoms with Crippen LogP contribution in [-0.4, -0.2) is 24.5 Å². The van der Waals surface area contributed by atoms with Crippen LogP contribution in [0.1, 0.15) is 10.4 Å². The summed E-state index contributed by atoms with van der Waals surface area (Å²) in [4.78, 5) is 11.7. The minimum Gasteiger partial charge on any atom is -0.492 e. The molecule has 2 rings (SSSR count). The fourth-order valence-electron chi connectivity index (χ4n) is 1.28. The van der Waals surface area contributed by atoms with Crippen molar-refractivity contribution in [2.45, 2.75) is 4.22 Å². The van der Waals surface area contributed by atoms with Crippen molar-refractivity contribution >= 4 is 29.6 Å². The van der Waals surface area contributed by atoms with Gasteiger partial charge in [0.2, 0.25) is 0 Å². The highest BCUT2D eigenvalue weighted by Crippen LogP contribution is 2.32. The second kappa shape index (κ2) is 3.09. The first-order chi connectivity index (χ1) is 6.50. The third-order valence-corrected chi connectivity index (χ3v) is 2.59. The van der Waals surface area contributed by atoms with Crippen molar-refractivity contribution in [2.24, 2.45) is 0 Å². The van der Waals surface area contributed by atoms with E-state index in [0.717, 1.165) is 0 Å². The van der Waals surface area contributed by atoms with E-state index in [2.05, 4.69) is 15.9 Å². The van der Waals surface area contributed by atoms with Gasteiger partial charge >= 0.3 is 0 Å². The van der Waals surface area contributed by atoms with Gasteiger partial charge in [-0.2, -0.15) is 0 Å². The number of halogens is 2. The van der Waals surface area contributed by atoms with Gasteiger partial charge < -0.3 is 4.74 Å². The summed E-state index contributed by atoms with van der Waals surface area (Å²) in [7, 11) is 5.62. The zero-order chi connectivity index (χ0) is 10.3. The highest BCUT2D eigenvalue weighted by atomic mass is 79.9. The molecule has 0 spiro atoms. The van der Waals surface area contributed by atoms with Gasteiger partial charge in [0, 0.05) is 6.07 Å². The van der Waals surface area contributed by atoms with E-state index in [0.29, 0.717) is 5.56 Å². The number of ketones is 1. The average Bonchev–Trinajstić information content (AvgIpc) is 2.12. The van der Waals surface area contributed by atoms with Crippen LogP contribution in [0.4, 0.5) is 4.39 Å². The maximum absolute atomic E-state index is 12.8. The normalized spacial score (nSPS) is 25.4. The number of alkyl halides is 1. The first-order valence-corrected chi connectivity index (χ1v) is 4.75. The van der Waals surface area contributed by atoms with E-state index in [1.165, 1.54) is 18.2 Å². The quantitative estimate of drug-likeness (QED) is 0.520. The third-order valence-electron chi connectivity index (χ3n) is 2.00. The fourth-order valence-corrected chi connectivity index (χ4v) is 1.60. The van der Waals surface area contributed by atoms with E-state index in [-0.39, 0.29) is 18.1 Å². The molecular weight excluding hydrogens is 250 g/mol. The monoisotopic (exact) mass is 254 g/mol. The fraction of sp³-hybridized carbons (Fsp3) is 0.222. The number of hydrogen-bond donors (Lipinski definition) is 0. The summed E-state index contributed by atoms with van der Waals surface area (Å²) < 4.78 is 16.7. The second-order valence-electron chi connectivity index (χ2n) is 3.12. The highest BCUT2D eigenvalue weighted by molar-refractivity contribution is 9.10. The zero-order valence-electron chi connectivity index (χ0n) is 7.09. The Morgan fingerprint density at radius 2 is 2.29 bits per heavy atom. The largest absolute Gasteiger partial charge is 0.492 e. The number of Topliss-reactive ketones (excluding diaryl/α,β-unsaturated/α-hetero) is 1. The lowest BCUT2D eigenvalue weighted by Crippen LogP contribution is -2.42. The lowest BCUT2D eigenvalue weighted by molar-refractivity contribution is 0.0925. The van der Waals surface area contributed by atoms with Crippen LogP contribution in [0.3, 0.4) is 0 Å². The summed E-state index contributed by atoms with van der Waals surface area (Å²) in [5, 5.41) is 0. The van der Waals surface area contributed by atoms with Crippen molar-refractivity contribution in [3.8, 4) is 5.75 Å². The lowest BCUT2D eigenvalue weighted by atomic mass is 9.79. The Bertz CT molecular complexity index is 406. The van der Waals surface area contributed by atoms with Crippen LogP contribution < -0.4 is 4.74 Å². The Labute approximate surface area is 90.0 Å². The van der Waals surface area contributed by atoms with E-state index in [9.17, 15) is 9.18 Å². The molecule has 0 aliphatic carbocycles. The summed E-state index contributed by atoms with van der Waals surface area (Å²) in [6, 6.07) is 3.75. The van der Waals surface area contributed by atoms with Gasteiger partial charge in [-0.3, -0.25) is 4.79 Å². The smallest absolute Gasteiger partial charge is 0.177 e. The minimum atomic E-state index is -1.20. The number of benzene rings is 1. The summed E-state index contributed by atoms with van der Waals surface area (Å²) in [5.74, 6) is -0.482. The van der Waals surface area contributed by atoms with Gasteiger partial charge in [-0.1, -0.05) is 15.9 Å². The molecular formula is C9H5BBrFO2. The maximum atomic E-state index is 12.8. The molecule has 0 saturated heterocycles. The molecule has 2 radical (unpaired) electrons. The Balaban J connectivity index is 2.52. The summed E-state index contributed by atoms with van der Waals surface area (Å²) in [5.41, 5.74) is 0.303. The van der Waals surface area contributed by atoms with Crippen LogP contribution in [0.25, 0.3) is 0 Å². The summed E-state index contributed by atoms with van der Waals surface area (Å²) in [6.07, 6.45) is 0. The molecule has 0 aromatic heterocycles. The molecule has 0 bridgehead atoms. The molecule has 5 heteroatoms. The molecule has 70 valence electrons. The molecule has 0 amide bonds. The van der Waals surface area contributed by atoms with E-state index in [1.54, 1.807) is 0 Å². The molecule has 14 heavy (non-hydrogen) atoms. The molecule has 2 nitrogen and oxygen atoms in total. The zero-order valence-corrected chi connectivity index (χ0v) is 8.67. The minimum absolute atomic E-state index is 0.00227. The molecule has 1 aromatic rings. The third kappa shape index (κ3) is 1.45. The molecule has 1 unspecified atom stereocenters. The van der Waals surface area contributed by atoms with Crippen molar-refractivity contribution in [1.82, 2.24) is 0 Å². The summed E-state index contributed by atoms with van der Waals surface area (Å²) >= 11 is 3.06. The number of hydrogen-bond acceptors (Lipinski definition) is 2. The molecule has 1 aliphatic heterocycles. The van der Waals surface area contributed by atoms with Crippen LogP contribution >= 0.6 is 15.9 Å². The Kier molecular flexibility index (Phi) is 2.14. The predicted molar refractivity (Wildman–Crippen MR) is 53.6 cm³/mol. The molecule has 0 N–H and O–H groups in total. The SMILES string of the molecule is [B]C1(Br)COc2cc(F)ccc2C1=O.